The molecule has 1 amide bonds. The molecule has 0 saturated carbocycles. The Morgan fingerprint density at radius 3 is 3.10 bits per heavy atom. The smallest absolute Gasteiger partial charge is 0.222 e. The maximum atomic E-state index is 12.2. The molecule has 2 aliphatic rings. The van der Waals surface area contributed by atoms with Crippen LogP contribution in [0.5, 0.6) is 0 Å². The Balaban J connectivity index is 1.61. The largest absolute Gasteiger partial charge is 0.390 e. The Hall–Kier alpha value is -1.04. The van der Waals surface area contributed by atoms with E-state index in [1.54, 1.807) is 0 Å². The lowest BCUT2D eigenvalue weighted by Gasteiger charge is -2.24. The van der Waals surface area contributed by atoms with Crippen LogP contribution in [0.15, 0.2) is 24.3 Å². The molecular formula is C15H20N2O2S. The van der Waals surface area contributed by atoms with Gasteiger partial charge in [-0.2, -0.15) is 11.8 Å². The van der Waals surface area contributed by atoms with Gasteiger partial charge in [-0.05, 0) is 11.1 Å². The molecule has 20 heavy (non-hydrogen) atoms. The van der Waals surface area contributed by atoms with Gasteiger partial charge in [-0.3, -0.25) is 4.79 Å². The number of nitrogens with one attached hydrogen (secondary N) is 2. The lowest BCUT2D eigenvalue weighted by Crippen LogP contribution is -2.43. The van der Waals surface area contributed by atoms with E-state index >= 15 is 0 Å². The molecule has 0 spiro atoms. The Labute approximate surface area is 123 Å². The second kappa shape index (κ2) is 6.16. The van der Waals surface area contributed by atoms with Crippen LogP contribution in [-0.2, 0) is 11.2 Å². The molecule has 3 N–H and O–H groups in total. The summed E-state index contributed by atoms with van der Waals surface area (Å²) in [6.07, 6.45) is 0.599. The van der Waals surface area contributed by atoms with E-state index in [0.717, 1.165) is 29.2 Å². The third-order valence-corrected chi connectivity index (χ3v) is 5.08. The minimum Gasteiger partial charge on any atom is -0.390 e. The number of carbonyl (C=O) groups is 1. The van der Waals surface area contributed by atoms with Gasteiger partial charge in [0, 0.05) is 36.9 Å². The van der Waals surface area contributed by atoms with Crippen LogP contribution in [0, 0.1) is 0 Å². The monoisotopic (exact) mass is 292 g/mol. The summed E-state index contributed by atoms with van der Waals surface area (Å²) in [6.45, 7) is 0.970. The van der Waals surface area contributed by atoms with Gasteiger partial charge >= 0.3 is 0 Å². The molecule has 4 nitrogen and oxygen atoms in total. The lowest BCUT2D eigenvalue weighted by atomic mass is 10.1. The number of fused-ring (bicyclic) bond motifs is 1. The summed E-state index contributed by atoms with van der Waals surface area (Å²) < 4.78 is 0. The summed E-state index contributed by atoms with van der Waals surface area (Å²) in [5, 5.41) is 16.5. The molecule has 1 aromatic rings. The number of hydrogen-bond acceptors (Lipinski definition) is 4. The number of benzene rings is 1. The third-order valence-electron chi connectivity index (χ3n) is 3.95. The predicted molar refractivity (Wildman–Crippen MR) is 80.8 cm³/mol. The minimum absolute atomic E-state index is 0.0192. The van der Waals surface area contributed by atoms with Crippen LogP contribution in [0.1, 0.15) is 23.6 Å². The Morgan fingerprint density at radius 1 is 1.45 bits per heavy atom. The van der Waals surface area contributed by atoms with Crippen molar-refractivity contribution in [3.63, 3.8) is 0 Å². The van der Waals surface area contributed by atoms with E-state index in [0.29, 0.717) is 12.8 Å². The van der Waals surface area contributed by atoms with Crippen molar-refractivity contribution < 1.29 is 9.90 Å². The van der Waals surface area contributed by atoms with Gasteiger partial charge in [0.05, 0.1) is 12.1 Å². The highest BCUT2D eigenvalue weighted by Gasteiger charge is 2.32. The molecule has 108 valence electrons. The first-order chi connectivity index (χ1) is 9.74. The number of rotatable bonds is 3. The van der Waals surface area contributed by atoms with Gasteiger partial charge in [-0.1, -0.05) is 24.3 Å². The SMILES string of the molecule is O=C(CC1CSCCN1)N[C@H]1c2ccccc2C[C@H]1O. The first kappa shape index (κ1) is 13.9. The van der Waals surface area contributed by atoms with Crippen molar-refractivity contribution in [2.45, 2.75) is 31.0 Å². The maximum absolute atomic E-state index is 12.2. The van der Waals surface area contributed by atoms with Crippen LogP contribution in [0.3, 0.4) is 0 Å². The molecule has 0 radical (unpaired) electrons. The highest BCUT2D eigenvalue weighted by atomic mass is 32.2. The second-order valence-electron chi connectivity index (χ2n) is 5.45. The number of hydrogen-bond donors (Lipinski definition) is 3. The zero-order chi connectivity index (χ0) is 13.9. The molecule has 1 fully saturated rings. The summed E-state index contributed by atoms with van der Waals surface area (Å²) in [6, 6.07) is 7.93. The molecule has 0 bridgehead atoms. The standard InChI is InChI=1S/C15H20N2O2S/c18-13-7-10-3-1-2-4-12(10)15(13)17-14(19)8-11-9-20-6-5-16-11/h1-4,11,13,15-16,18H,5-9H2,(H,17,19)/t11?,13-,15+/m1/s1. The van der Waals surface area contributed by atoms with Crippen molar-refractivity contribution in [1.82, 2.24) is 10.6 Å². The average molecular weight is 292 g/mol. The van der Waals surface area contributed by atoms with Gasteiger partial charge < -0.3 is 15.7 Å². The maximum Gasteiger partial charge on any atom is 0.222 e. The fourth-order valence-corrected chi connectivity index (χ4v) is 3.90. The van der Waals surface area contributed by atoms with E-state index in [9.17, 15) is 9.90 Å². The molecule has 1 unspecified atom stereocenters. The summed E-state index contributed by atoms with van der Waals surface area (Å²) in [7, 11) is 0. The number of aliphatic hydroxyl groups excluding tert-OH is 1. The van der Waals surface area contributed by atoms with E-state index in [1.165, 1.54) is 0 Å². The molecule has 3 atom stereocenters. The van der Waals surface area contributed by atoms with Gasteiger partial charge in [0.1, 0.15) is 0 Å². The molecule has 1 heterocycles. The number of thioether (sulfide) groups is 1. The van der Waals surface area contributed by atoms with Gasteiger partial charge in [-0.25, -0.2) is 0 Å². The summed E-state index contributed by atoms with van der Waals surface area (Å²) in [4.78, 5) is 12.2. The average Bonchev–Trinajstić information content (AvgIpc) is 2.76. The van der Waals surface area contributed by atoms with Crippen molar-refractivity contribution in [2.75, 3.05) is 18.1 Å². The van der Waals surface area contributed by atoms with E-state index < -0.39 is 6.10 Å². The van der Waals surface area contributed by atoms with Gasteiger partial charge in [-0.15, -0.1) is 0 Å². The Morgan fingerprint density at radius 2 is 2.30 bits per heavy atom. The number of aliphatic hydroxyl groups is 1. The van der Waals surface area contributed by atoms with Crippen molar-refractivity contribution in [3.05, 3.63) is 35.4 Å². The molecule has 1 aliphatic carbocycles. The normalized spacial score (nSPS) is 28.9. The quantitative estimate of drug-likeness (QED) is 0.773. The van der Waals surface area contributed by atoms with Crippen LogP contribution in [0.25, 0.3) is 0 Å². The van der Waals surface area contributed by atoms with E-state index in [-0.39, 0.29) is 18.0 Å². The Kier molecular flexibility index (Phi) is 4.29. The van der Waals surface area contributed by atoms with Gasteiger partial charge in [0.2, 0.25) is 5.91 Å². The van der Waals surface area contributed by atoms with Crippen molar-refractivity contribution in [3.8, 4) is 0 Å². The van der Waals surface area contributed by atoms with Crippen LogP contribution in [0.2, 0.25) is 0 Å². The minimum atomic E-state index is -0.509. The fraction of sp³-hybridized carbons (Fsp3) is 0.533. The lowest BCUT2D eigenvalue weighted by molar-refractivity contribution is -0.123. The first-order valence-corrected chi connectivity index (χ1v) is 8.26. The van der Waals surface area contributed by atoms with Crippen molar-refractivity contribution in [2.24, 2.45) is 0 Å². The first-order valence-electron chi connectivity index (χ1n) is 7.10. The second-order valence-corrected chi connectivity index (χ2v) is 6.60. The zero-order valence-corrected chi connectivity index (χ0v) is 12.2. The topological polar surface area (TPSA) is 61.4 Å². The van der Waals surface area contributed by atoms with Crippen molar-refractivity contribution in [1.29, 1.82) is 0 Å². The molecule has 1 aromatic carbocycles. The van der Waals surface area contributed by atoms with Crippen molar-refractivity contribution >= 4 is 17.7 Å². The van der Waals surface area contributed by atoms with Gasteiger partial charge in [0.15, 0.2) is 0 Å². The predicted octanol–water partition coefficient (Wildman–Crippen LogP) is 0.856. The number of amides is 1. The molecule has 3 rings (SSSR count). The number of carbonyl (C=O) groups excluding carboxylic acids is 1. The fourth-order valence-electron chi connectivity index (χ4n) is 2.95. The van der Waals surface area contributed by atoms with E-state index in [4.69, 9.17) is 0 Å². The molecule has 5 heteroatoms. The van der Waals surface area contributed by atoms with Crippen LogP contribution in [0.4, 0.5) is 0 Å². The Bertz CT molecular complexity index is 489. The van der Waals surface area contributed by atoms with Crippen LogP contribution < -0.4 is 10.6 Å². The van der Waals surface area contributed by atoms with Crippen LogP contribution in [-0.4, -0.2) is 41.2 Å². The molecule has 1 saturated heterocycles. The summed E-state index contributed by atoms with van der Waals surface area (Å²) in [5.41, 5.74) is 2.19. The van der Waals surface area contributed by atoms with Gasteiger partial charge in [0.25, 0.3) is 0 Å². The molecule has 0 aromatic heterocycles. The van der Waals surface area contributed by atoms with E-state index in [2.05, 4.69) is 10.6 Å². The third kappa shape index (κ3) is 3.00. The highest BCUT2D eigenvalue weighted by Crippen LogP contribution is 2.31. The van der Waals surface area contributed by atoms with E-state index in [1.807, 2.05) is 36.0 Å². The summed E-state index contributed by atoms with van der Waals surface area (Å²) >= 11 is 1.88. The summed E-state index contributed by atoms with van der Waals surface area (Å²) in [5.74, 6) is 2.12. The highest BCUT2D eigenvalue weighted by molar-refractivity contribution is 7.99. The molecular weight excluding hydrogens is 272 g/mol. The molecule has 1 aliphatic heterocycles. The van der Waals surface area contributed by atoms with Crippen LogP contribution >= 0.6 is 11.8 Å². The zero-order valence-electron chi connectivity index (χ0n) is 11.3.